The molecule has 162 valence electrons. The highest BCUT2D eigenvalue weighted by atomic mass is 32.2. The fraction of sp³-hybridized carbons (Fsp3) is 0.263. The molecule has 2 amide bonds. The Bertz CT molecular complexity index is 993. The Kier molecular flexibility index (Phi) is 7.21. The van der Waals surface area contributed by atoms with Gasteiger partial charge in [0.15, 0.2) is 15.9 Å². The normalized spacial score (nSPS) is 14.0. The van der Waals surface area contributed by atoms with Gasteiger partial charge in [0.1, 0.15) is 6.04 Å². The lowest BCUT2D eigenvalue weighted by Gasteiger charge is -2.18. The first kappa shape index (κ1) is 23.4. The molecule has 0 fully saturated rings. The van der Waals surface area contributed by atoms with Gasteiger partial charge in [-0.25, -0.2) is 8.42 Å². The molecule has 2 aromatic carbocycles. The molecule has 0 unspecified atom stereocenters. The standard InChI is InChI=1S/C19H19F3N2O5S/c20-19(21,22)13-8-6-12(7-9-13)16(25)18(27)24-15(17(23)26)10-11-30(28,29)14-4-2-1-3-5-14/h1-9,15-16,25H,10-11H2,(H2,23,26)(H,24,27)/t15-,16-/m1/s1. The van der Waals surface area contributed by atoms with Gasteiger partial charge in [-0.3, -0.25) is 9.59 Å². The molecule has 4 N–H and O–H groups in total. The highest BCUT2D eigenvalue weighted by molar-refractivity contribution is 7.91. The third kappa shape index (κ3) is 6.04. The summed E-state index contributed by atoms with van der Waals surface area (Å²) in [6, 6.07) is 9.28. The van der Waals surface area contributed by atoms with Crippen molar-refractivity contribution in [3.8, 4) is 0 Å². The van der Waals surface area contributed by atoms with Crippen molar-refractivity contribution in [3.63, 3.8) is 0 Å². The Hall–Kier alpha value is -2.92. The number of halogens is 3. The molecular formula is C19H19F3N2O5S. The van der Waals surface area contributed by atoms with Gasteiger partial charge >= 0.3 is 6.18 Å². The van der Waals surface area contributed by atoms with Gasteiger partial charge in [0, 0.05) is 0 Å². The number of aliphatic hydroxyl groups is 1. The Morgan fingerprint density at radius 3 is 2.10 bits per heavy atom. The maximum Gasteiger partial charge on any atom is 0.416 e. The second kappa shape index (κ2) is 9.26. The van der Waals surface area contributed by atoms with E-state index in [1.54, 1.807) is 6.07 Å². The minimum atomic E-state index is -4.58. The van der Waals surface area contributed by atoms with Crippen molar-refractivity contribution < 1.29 is 36.3 Å². The number of primary amides is 1. The monoisotopic (exact) mass is 444 g/mol. The zero-order chi connectivity index (χ0) is 22.5. The van der Waals surface area contributed by atoms with E-state index < -0.39 is 51.3 Å². The van der Waals surface area contributed by atoms with Gasteiger partial charge in [-0.1, -0.05) is 30.3 Å². The molecule has 0 saturated heterocycles. The molecule has 2 aromatic rings. The number of alkyl halides is 3. The van der Waals surface area contributed by atoms with Crippen LogP contribution in [-0.2, 0) is 25.6 Å². The van der Waals surface area contributed by atoms with E-state index in [1.807, 2.05) is 0 Å². The second-order valence-electron chi connectivity index (χ2n) is 6.41. The van der Waals surface area contributed by atoms with Gasteiger partial charge in [0.25, 0.3) is 5.91 Å². The Morgan fingerprint density at radius 2 is 1.60 bits per heavy atom. The zero-order valence-electron chi connectivity index (χ0n) is 15.5. The first-order valence-electron chi connectivity index (χ1n) is 8.64. The first-order valence-corrected chi connectivity index (χ1v) is 10.3. The molecule has 7 nitrogen and oxygen atoms in total. The van der Waals surface area contributed by atoms with Crippen LogP contribution in [0.5, 0.6) is 0 Å². The van der Waals surface area contributed by atoms with Crippen LogP contribution in [0.2, 0.25) is 0 Å². The van der Waals surface area contributed by atoms with Gasteiger partial charge < -0.3 is 16.2 Å². The van der Waals surface area contributed by atoms with Gasteiger partial charge in [0.05, 0.1) is 16.2 Å². The maximum absolute atomic E-state index is 12.6. The average molecular weight is 444 g/mol. The van der Waals surface area contributed by atoms with Crippen LogP contribution in [0.15, 0.2) is 59.5 Å². The van der Waals surface area contributed by atoms with Crippen molar-refractivity contribution in [3.05, 3.63) is 65.7 Å². The molecule has 2 rings (SSSR count). The minimum Gasteiger partial charge on any atom is -0.378 e. The van der Waals surface area contributed by atoms with Crippen LogP contribution in [0.3, 0.4) is 0 Å². The van der Waals surface area contributed by atoms with Crippen molar-refractivity contribution in [2.75, 3.05) is 5.75 Å². The quantitative estimate of drug-likeness (QED) is 0.570. The number of rotatable bonds is 8. The average Bonchev–Trinajstić information content (AvgIpc) is 2.70. The summed E-state index contributed by atoms with van der Waals surface area (Å²) in [5.74, 6) is -2.62. The highest BCUT2D eigenvalue weighted by Gasteiger charge is 2.31. The topological polar surface area (TPSA) is 127 Å². The molecule has 0 saturated carbocycles. The van der Waals surface area contributed by atoms with Gasteiger partial charge in [-0.2, -0.15) is 13.2 Å². The summed E-state index contributed by atoms with van der Waals surface area (Å²) in [4.78, 5) is 23.8. The molecule has 0 heterocycles. The van der Waals surface area contributed by atoms with E-state index in [0.29, 0.717) is 12.1 Å². The number of amides is 2. The Balaban J connectivity index is 2.05. The molecule has 2 atom stereocenters. The molecule has 0 aliphatic carbocycles. The van der Waals surface area contributed by atoms with E-state index in [9.17, 15) is 36.3 Å². The number of nitrogens with two attached hydrogens (primary N) is 1. The molecule has 0 aliphatic heterocycles. The first-order chi connectivity index (χ1) is 13.9. The summed E-state index contributed by atoms with van der Waals surface area (Å²) in [6.45, 7) is 0. The molecule has 0 aliphatic rings. The van der Waals surface area contributed by atoms with Gasteiger partial charge in [-0.15, -0.1) is 0 Å². The number of hydrogen-bond acceptors (Lipinski definition) is 5. The van der Waals surface area contributed by atoms with Crippen molar-refractivity contribution in [2.45, 2.75) is 29.6 Å². The van der Waals surface area contributed by atoms with E-state index in [0.717, 1.165) is 12.1 Å². The van der Waals surface area contributed by atoms with Crippen molar-refractivity contribution in [1.29, 1.82) is 0 Å². The molecule has 11 heteroatoms. The minimum absolute atomic E-state index is 0.0318. The second-order valence-corrected chi connectivity index (χ2v) is 8.52. The maximum atomic E-state index is 12.6. The number of benzene rings is 2. The molecule has 0 spiro atoms. The largest absolute Gasteiger partial charge is 0.416 e. The third-order valence-electron chi connectivity index (χ3n) is 4.24. The van der Waals surface area contributed by atoms with E-state index in [-0.39, 0.29) is 16.9 Å². The third-order valence-corrected chi connectivity index (χ3v) is 6.00. The lowest BCUT2D eigenvalue weighted by molar-refractivity contribution is -0.137. The van der Waals surface area contributed by atoms with Crippen LogP contribution >= 0.6 is 0 Å². The predicted molar refractivity (Wildman–Crippen MR) is 101 cm³/mol. The van der Waals surface area contributed by atoms with Crippen molar-refractivity contribution >= 4 is 21.7 Å². The van der Waals surface area contributed by atoms with Crippen LogP contribution in [0, 0.1) is 0 Å². The SMILES string of the molecule is NC(=O)[C@@H](CCS(=O)(=O)c1ccccc1)NC(=O)[C@H](O)c1ccc(C(F)(F)F)cc1. The Labute approximate surface area is 170 Å². The van der Waals surface area contributed by atoms with Crippen LogP contribution in [0.1, 0.15) is 23.7 Å². The molecule has 0 aromatic heterocycles. The van der Waals surface area contributed by atoms with Gasteiger partial charge in [0.2, 0.25) is 5.91 Å². The summed E-state index contributed by atoms with van der Waals surface area (Å²) in [5, 5.41) is 12.2. The fourth-order valence-electron chi connectivity index (χ4n) is 2.56. The van der Waals surface area contributed by atoms with E-state index in [4.69, 9.17) is 5.73 Å². The van der Waals surface area contributed by atoms with Crippen molar-refractivity contribution in [1.82, 2.24) is 5.32 Å². The molecular weight excluding hydrogens is 425 g/mol. The van der Waals surface area contributed by atoms with Crippen LogP contribution < -0.4 is 11.1 Å². The van der Waals surface area contributed by atoms with E-state index in [1.165, 1.54) is 24.3 Å². The number of hydrogen-bond donors (Lipinski definition) is 3. The summed E-state index contributed by atoms with van der Waals surface area (Å²) in [6.07, 6.45) is -6.80. The van der Waals surface area contributed by atoms with Crippen LogP contribution in [-0.4, -0.2) is 37.1 Å². The number of sulfone groups is 1. The number of nitrogens with one attached hydrogen (secondary N) is 1. The number of carbonyl (C=O) groups excluding carboxylic acids is 2. The lowest BCUT2D eigenvalue weighted by atomic mass is 10.1. The summed E-state index contributed by atoms with van der Waals surface area (Å²) < 4.78 is 62.4. The molecule has 0 radical (unpaired) electrons. The summed E-state index contributed by atoms with van der Waals surface area (Å²) in [5.41, 5.74) is 4.11. The number of aliphatic hydroxyl groups excluding tert-OH is 1. The Morgan fingerprint density at radius 1 is 1.03 bits per heavy atom. The zero-order valence-corrected chi connectivity index (χ0v) is 16.3. The van der Waals surface area contributed by atoms with Crippen LogP contribution in [0.25, 0.3) is 0 Å². The summed E-state index contributed by atoms with van der Waals surface area (Å²) in [7, 11) is -3.74. The lowest BCUT2D eigenvalue weighted by Crippen LogP contribution is -2.47. The predicted octanol–water partition coefficient (Wildman–Crippen LogP) is 1.57. The highest BCUT2D eigenvalue weighted by Crippen LogP contribution is 2.30. The number of carbonyl (C=O) groups is 2. The molecule has 0 bridgehead atoms. The smallest absolute Gasteiger partial charge is 0.378 e. The van der Waals surface area contributed by atoms with Gasteiger partial charge in [-0.05, 0) is 36.2 Å². The summed E-state index contributed by atoms with van der Waals surface area (Å²) >= 11 is 0. The van der Waals surface area contributed by atoms with Crippen LogP contribution in [0.4, 0.5) is 13.2 Å². The fourth-order valence-corrected chi connectivity index (χ4v) is 3.91. The van der Waals surface area contributed by atoms with Crippen molar-refractivity contribution in [2.24, 2.45) is 5.73 Å². The molecule has 30 heavy (non-hydrogen) atoms. The van der Waals surface area contributed by atoms with E-state index >= 15 is 0 Å². The van der Waals surface area contributed by atoms with E-state index in [2.05, 4.69) is 5.32 Å².